The zero-order valence-electron chi connectivity index (χ0n) is 21.4. The molecular weight excluding hydrogens is 450 g/mol. The highest BCUT2D eigenvalue weighted by molar-refractivity contribution is 6.25. The Hall–Kier alpha value is -3.67. The highest BCUT2D eigenvalue weighted by atomic mass is 16.2. The second-order valence-corrected chi connectivity index (χ2v) is 9.47. The molecule has 0 aliphatic carbocycles. The Balaban J connectivity index is 1.48. The van der Waals surface area contributed by atoms with Crippen molar-refractivity contribution in [2.24, 2.45) is 0 Å². The summed E-state index contributed by atoms with van der Waals surface area (Å²) >= 11 is 0. The van der Waals surface area contributed by atoms with E-state index in [1.807, 2.05) is 75.4 Å². The summed E-state index contributed by atoms with van der Waals surface area (Å²) in [5.74, 6) is -0.203. The predicted octanol–water partition coefficient (Wildman–Crippen LogP) is 5.22. The molecule has 1 aliphatic heterocycles. The molecule has 188 valence electrons. The number of anilines is 1. The van der Waals surface area contributed by atoms with Gasteiger partial charge < -0.3 is 15.1 Å². The number of carbonyl (C=O) groups excluding carboxylic acids is 3. The Kier molecular flexibility index (Phi) is 8.04. The molecule has 6 heteroatoms. The third-order valence-corrected chi connectivity index (χ3v) is 6.79. The largest absolute Gasteiger partial charge is 0.354 e. The van der Waals surface area contributed by atoms with Crippen LogP contribution in [0.4, 0.5) is 5.69 Å². The van der Waals surface area contributed by atoms with Crippen molar-refractivity contribution in [1.82, 2.24) is 10.2 Å². The number of hydrogen-bond acceptors (Lipinski definition) is 3. The maximum absolute atomic E-state index is 13.5. The lowest BCUT2D eigenvalue weighted by molar-refractivity contribution is -0.141. The SMILES string of the molecule is CCCNC(=O)C(CC)N(Cc1cccc(C)c1)C(=O)CCCN1C(=O)c2cccc3cccc1c23. The molecule has 0 saturated heterocycles. The standard InChI is InChI=1S/C30H35N3O3/c1-4-17-31-29(35)25(5-2)33(20-22-11-6-10-21(3)19-22)27(34)16-9-18-32-26-15-8-13-23-12-7-14-24(28(23)26)30(32)36/h6-8,10-15,19,25H,4-5,9,16-18,20H2,1-3H3,(H,31,35). The van der Waals surface area contributed by atoms with Crippen molar-refractivity contribution in [3.8, 4) is 0 Å². The fourth-order valence-electron chi connectivity index (χ4n) is 5.03. The summed E-state index contributed by atoms with van der Waals surface area (Å²) in [6, 6.07) is 19.2. The van der Waals surface area contributed by atoms with Crippen molar-refractivity contribution in [3.63, 3.8) is 0 Å². The molecule has 1 aliphatic rings. The van der Waals surface area contributed by atoms with Crippen molar-refractivity contribution in [2.75, 3.05) is 18.0 Å². The van der Waals surface area contributed by atoms with Gasteiger partial charge in [-0.15, -0.1) is 0 Å². The number of hydrogen-bond donors (Lipinski definition) is 1. The molecule has 1 heterocycles. The minimum atomic E-state index is -0.531. The Morgan fingerprint density at radius 1 is 1.03 bits per heavy atom. The first kappa shape index (κ1) is 25.4. The van der Waals surface area contributed by atoms with Gasteiger partial charge in [-0.25, -0.2) is 0 Å². The minimum absolute atomic E-state index is 0.0174. The monoisotopic (exact) mass is 485 g/mol. The number of nitrogens with one attached hydrogen (secondary N) is 1. The van der Waals surface area contributed by atoms with Gasteiger partial charge in [0.1, 0.15) is 6.04 Å². The van der Waals surface area contributed by atoms with E-state index >= 15 is 0 Å². The van der Waals surface area contributed by atoms with E-state index in [2.05, 4.69) is 11.4 Å². The normalized spacial score (nSPS) is 13.2. The quantitative estimate of drug-likeness (QED) is 0.405. The molecule has 3 aromatic carbocycles. The molecule has 3 aromatic rings. The number of benzene rings is 3. The fourth-order valence-corrected chi connectivity index (χ4v) is 5.03. The average Bonchev–Trinajstić information content (AvgIpc) is 3.15. The average molecular weight is 486 g/mol. The van der Waals surface area contributed by atoms with Crippen LogP contribution in [0.15, 0.2) is 60.7 Å². The summed E-state index contributed by atoms with van der Waals surface area (Å²) in [5.41, 5.74) is 3.74. The number of aryl methyl sites for hydroxylation is 1. The van der Waals surface area contributed by atoms with Gasteiger partial charge in [-0.1, -0.05) is 67.9 Å². The van der Waals surface area contributed by atoms with Crippen LogP contribution < -0.4 is 10.2 Å². The number of rotatable bonds is 11. The maximum atomic E-state index is 13.5. The van der Waals surface area contributed by atoms with Crippen molar-refractivity contribution in [1.29, 1.82) is 0 Å². The molecule has 0 spiro atoms. The Morgan fingerprint density at radius 2 is 1.78 bits per heavy atom. The molecular formula is C30H35N3O3. The Morgan fingerprint density at radius 3 is 2.50 bits per heavy atom. The summed E-state index contributed by atoms with van der Waals surface area (Å²) in [6.07, 6.45) is 2.16. The van der Waals surface area contributed by atoms with Gasteiger partial charge in [0.25, 0.3) is 5.91 Å². The summed E-state index contributed by atoms with van der Waals surface area (Å²) in [6.45, 7) is 7.39. The van der Waals surface area contributed by atoms with Crippen LogP contribution in [0.2, 0.25) is 0 Å². The highest BCUT2D eigenvalue weighted by Gasteiger charge is 2.31. The van der Waals surface area contributed by atoms with Crippen LogP contribution in [0.1, 0.15) is 61.0 Å². The minimum Gasteiger partial charge on any atom is -0.354 e. The van der Waals surface area contributed by atoms with Crippen LogP contribution in [-0.4, -0.2) is 41.8 Å². The third kappa shape index (κ3) is 5.27. The van der Waals surface area contributed by atoms with Gasteiger partial charge in [0, 0.05) is 37.0 Å². The summed E-state index contributed by atoms with van der Waals surface area (Å²) in [5, 5.41) is 4.99. The van der Waals surface area contributed by atoms with Gasteiger partial charge in [0.15, 0.2) is 0 Å². The first-order valence-corrected chi connectivity index (χ1v) is 12.9. The van der Waals surface area contributed by atoms with Crippen molar-refractivity contribution in [2.45, 2.75) is 59.0 Å². The van der Waals surface area contributed by atoms with E-state index in [9.17, 15) is 14.4 Å². The first-order valence-electron chi connectivity index (χ1n) is 12.9. The first-order chi connectivity index (χ1) is 17.4. The van der Waals surface area contributed by atoms with Crippen LogP contribution in [-0.2, 0) is 16.1 Å². The molecule has 6 nitrogen and oxygen atoms in total. The van der Waals surface area contributed by atoms with E-state index in [-0.39, 0.29) is 24.1 Å². The van der Waals surface area contributed by atoms with Crippen LogP contribution >= 0.6 is 0 Å². The second kappa shape index (κ2) is 11.4. The molecule has 1 N–H and O–H groups in total. The Bertz CT molecular complexity index is 1260. The number of amides is 3. The molecule has 0 fully saturated rings. The van der Waals surface area contributed by atoms with Crippen molar-refractivity contribution < 1.29 is 14.4 Å². The fraction of sp³-hybridized carbons (Fsp3) is 0.367. The molecule has 0 aromatic heterocycles. The molecule has 0 saturated carbocycles. The van der Waals surface area contributed by atoms with E-state index < -0.39 is 6.04 Å². The smallest absolute Gasteiger partial charge is 0.258 e. The summed E-state index contributed by atoms with van der Waals surface area (Å²) < 4.78 is 0. The molecule has 1 atom stereocenters. The molecule has 1 unspecified atom stereocenters. The summed E-state index contributed by atoms with van der Waals surface area (Å²) in [7, 11) is 0. The van der Waals surface area contributed by atoms with Crippen LogP contribution in [0, 0.1) is 6.92 Å². The third-order valence-electron chi connectivity index (χ3n) is 6.79. The van der Waals surface area contributed by atoms with Gasteiger partial charge in [-0.3, -0.25) is 14.4 Å². The predicted molar refractivity (Wildman–Crippen MR) is 144 cm³/mol. The molecule has 3 amide bonds. The van der Waals surface area contributed by atoms with Crippen LogP contribution in [0.25, 0.3) is 10.8 Å². The van der Waals surface area contributed by atoms with Gasteiger partial charge >= 0.3 is 0 Å². The molecule has 36 heavy (non-hydrogen) atoms. The number of carbonyl (C=O) groups is 3. The van der Waals surface area contributed by atoms with Gasteiger partial charge in [-0.05, 0) is 49.3 Å². The highest BCUT2D eigenvalue weighted by Crippen LogP contribution is 2.37. The van der Waals surface area contributed by atoms with Gasteiger partial charge in [0.05, 0.1) is 5.69 Å². The topological polar surface area (TPSA) is 69.7 Å². The van der Waals surface area contributed by atoms with E-state index in [0.29, 0.717) is 38.0 Å². The zero-order chi connectivity index (χ0) is 25.7. The maximum Gasteiger partial charge on any atom is 0.258 e. The number of nitrogens with zero attached hydrogens (tertiary/aromatic N) is 2. The van der Waals surface area contributed by atoms with E-state index in [1.54, 1.807) is 9.80 Å². The van der Waals surface area contributed by atoms with E-state index in [1.165, 1.54) is 0 Å². The lowest BCUT2D eigenvalue weighted by Gasteiger charge is -2.31. The zero-order valence-corrected chi connectivity index (χ0v) is 21.4. The molecule has 0 bridgehead atoms. The lowest BCUT2D eigenvalue weighted by Crippen LogP contribution is -2.49. The van der Waals surface area contributed by atoms with Crippen LogP contribution in [0.5, 0.6) is 0 Å². The summed E-state index contributed by atoms with van der Waals surface area (Å²) in [4.78, 5) is 43.0. The lowest BCUT2D eigenvalue weighted by atomic mass is 10.1. The Labute approximate surface area is 213 Å². The molecule has 4 rings (SSSR count). The van der Waals surface area contributed by atoms with Gasteiger partial charge in [0.2, 0.25) is 11.8 Å². The van der Waals surface area contributed by atoms with Crippen molar-refractivity contribution in [3.05, 3.63) is 77.4 Å². The van der Waals surface area contributed by atoms with Gasteiger partial charge in [-0.2, -0.15) is 0 Å². The second-order valence-electron chi connectivity index (χ2n) is 9.47. The van der Waals surface area contributed by atoms with E-state index in [4.69, 9.17) is 0 Å². The van der Waals surface area contributed by atoms with Crippen LogP contribution in [0.3, 0.4) is 0 Å². The van der Waals surface area contributed by atoms with E-state index in [0.717, 1.165) is 34.0 Å². The van der Waals surface area contributed by atoms with Crippen molar-refractivity contribution >= 4 is 34.2 Å². The molecule has 0 radical (unpaired) electrons.